The SMILES string of the molecule is SCc1cc(OCc2cc(OCc3ccccc3)cc(OCc3ccccc3)c2)cc(OCc2ccc(OCc3ccccc3)c(OCc3ccccc3)c2)c1. The van der Waals surface area contributed by atoms with Crippen molar-refractivity contribution in [2.45, 2.75) is 45.4 Å². The van der Waals surface area contributed by atoms with Crippen molar-refractivity contribution < 1.29 is 28.4 Å². The zero-order valence-electron chi connectivity index (χ0n) is 31.1. The first-order chi connectivity index (χ1) is 27.6. The molecule has 0 radical (unpaired) electrons. The van der Waals surface area contributed by atoms with Gasteiger partial charge in [0, 0.05) is 17.9 Å². The second-order valence-electron chi connectivity index (χ2n) is 13.2. The molecule has 0 spiro atoms. The van der Waals surface area contributed by atoms with Gasteiger partial charge in [-0.2, -0.15) is 12.6 Å². The van der Waals surface area contributed by atoms with E-state index in [-0.39, 0.29) is 0 Å². The third-order valence-electron chi connectivity index (χ3n) is 8.85. The molecule has 7 aromatic rings. The van der Waals surface area contributed by atoms with Crippen molar-refractivity contribution in [3.05, 3.63) is 215 Å². The maximum atomic E-state index is 6.37. The molecule has 0 aliphatic carbocycles. The van der Waals surface area contributed by atoms with Crippen LogP contribution in [0.4, 0.5) is 0 Å². The van der Waals surface area contributed by atoms with Crippen LogP contribution in [0.15, 0.2) is 176 Å². The minimum Gasteiger partial charge on any atom is -0.489 e. The van der Waals surface area contributed by atoms with Crippen LogP contribution in [0.25, 0.3) is 0 Å². The van der Waals surface area contributed by atoms with Gasteiger partial charge in [0.25, 0.3) is 0 Å². The Morgan fingerprint density at radius 2 is 0.607 bits per heavy atom. The average Bonchev–Trinajstić information content (AvgIpc) is 3.26. The largest absolute Gasteiger partial charge is 0.489 e. The van der Waals surface area contributed by atoms with E-state index in [4.69, 9.17) is 28.4 Å². The van der Waals surface area contributed by atoms with Gasteiger partial charge in [0.2, 0.25) is 0 Å². The summed E-state index contributed by atoms with van der Waals surface area (Å²) >= 11 is 4.56. The lowest BCUT2D eigenvalue weighted by molar-refractivity contribution is 0.254. The highest BCUT2D eigenvalue weighted by molar-refractivity contribution is 7.79. The molecule has 0 amide bonds. The fourth-order valence-corrected chi connectivity index (χ4v) is 6.11. The lowest BCUT2D eigenvalue weighted by Gasteiger charge is -2.16. The molecule has 6 nitrogen and oxygen atoms in total. The molecular weight excluding hydrogens is 717 g/mol. The van der Waals surface area contributed by atoms with Gasteiger partial charge in [-0.3, -0.25) is 0 Å². The molecule has 0 bridgehead atoms. The monoisotopic (exact) mass is 760 g/mol. The van der Waals surface area contributed by atoms with Crippen molar-refractivity contribution in [3.8, 4) is 34.5 Å². The highest BCUT2D eigenvalue weighted by Gasteiger charge is 2.12. The standard InChI is InChI=1S/C49H44O6S/c56-36-43-25-46(52-34-41-21-22-48(54-32-39-17-9-3-10-18-39)49(27-41)55-33-40-19-11-4-12-20-40)29-47(26-43)53-35-42-23-44(50-30-37-13-5-1-6-14-37)28-45(24-42)51-31-38-15-7-2-8-16-38/h1-29,56H,30-36H2. The molecule has 0 heterocycles. The average molecular weight is 761 g/mol. The number of hydrogen-bond acceptors (Lipinski definition) is 7. The Bertz CT molecular complexity index is 2190. The van der Waals surface area contributed by atoms with Crippen molar-refractivity contribution >= 4 is 12.6 Å². The van der Waals surface area contributed by atoms with Gasteiger partial charge in [0.05, 0.1) is 0 Å². The van der Waals surface area contributed by atoms with Crippen LogP contribution in [-0.2, 0) is 45.4 Å². The lowest BCUT2D eigenvalue weighted by Crippen LogP contribution is -2.03. The number of thiol groups is 1. The number of benzene rings is 7. The van der Waals surface area contributed by atoms with Gasteiger partial charge < -0.3 is 28.4 Å². The molecule has 0 saturated heterocycles. The van der Waals surface area contributed by atoms with Crippen molar-refractivity contribution in [3.63, 3.8) is 0 Å². The van der Waals surface area contributed by atoms with E-state index >= 15 is 0 Å². The van der Waals surface area contributed by atoms with Gasteiger partial charge in [-0.1, -0.05) is 127 Å². The van der Waals surface area contributed by atoms with E-state index < -0.39 is 0 Å². The summed E-state index contributed by atoms with van der Waals surface area (Å²) < 4.78 is 37.7. The summed E-state index contributed by atoms with van der Waals surface area (Å²) in [4.78, 5) is 0. The fourth-order valence-electron chi connectivity index (χ4n) is 5.93. The van der Waals surface area contributed by atoms with E-state index in [0.717, 1.165) is 38.9 Å². The summed E-state index contributed by atoms with van der Waals surface area (Å²) in [7, 11) is 0. The Balaban J connectivity index is 1.03. The molecule has 7 aromatic carbocycles. The molecule has 282 valence electrons. The maximum absolute atomic E-state index is 6.37. The van der Waals surface area contributed by atoms with Gasteiger partial charge in [-0.15, -0.1) is 0 Å². The third-order valence-corrected chi connectivity index (χ3v) is 9.22. The van der Waals surface area contributed by atoms with Crippen molar-refractivity contribution in [1.82, 2.24) is 0 Å². The van der Waals surface area contributed by atoms with Crippen LogP contribution in [0.5, 0.6) is 34.5 Å². The Labute approximate surface area is 334 Å². The third kappa shape index (κ3) is 11.6. The minimum atomic E-state index is 0.298. The Kier molecular flexibility index (Phi) is 13.5. The number of rotatable bonds is 19. The normalized spacial score (nSPS) is 10.7. The van der Waals surface area contributed by atoms with Crippen LogP contribution in [0.2, 0.25) is 0 Å². The summed E-state index contributed by atoms with van der Waals surface area (Å²) in [5.41, 5.74) is 7.15. The molecule has 0 unspecified atom stereocenters. The number of ether oxygens (including phenoxy) is 6. The topological polar surface area (TPSA) is 55.4 Å². The summed E-state index contributed by atoms with van der Waals surface area (Å²) in [6.45, 7) is 2.35. The summed E-state index contributed by atoms with van der Waals surface area (Å²) in [5.74, 6) is 4.61. The molecule has 0 aromatic heterocycles. The number of hydrogen-bond donors (Lipinski definition) is 1. The van der Waals surface area contributed by atoms with Gasteiger partial charge >= 0.3 is 0 Å². The summed E-state index contributed by atoms with van der Waals surface area (Å²) in [6, 6.07) is 58.1. The highest BCUT2D eigenvalue weighted by atomic mass is 32.1. The predicted molar refractivity (Wildman–Crippen MR) is 224 cm³/mol. The van der Waals surface area contributed by atoms with E-state index in [0.29, 0.717) is 79.9 Å². The molecular formula is C49H44O6S. The quantitative estimate of drug-likeness (QED) is 0.0829. The fraction of sp³-hybridized carbons (Fsp3) is 0.143. The summed E-state index contributed by atoms with van der Waals surface area (Å²) in [5, 5.41) is 0. The van der Waals surface area contributed by atoms with Crippen LogP contribution in [0, 0.1) is 0 Å². The molecule has 0 fully saturated rings. The van der Waals surface area contributed by atoms with Gasteiger partial charge in [-0.25, -0.2) is 0 Å². The second kappa shape index (κ2) is 19.9. The maximum Gasteiger partial charge on any atom is 0.162 e. The Morgan fingerprint density at radius 3 is 1.02 bits per heavy atom. The van der Waals surface area contributed by atoms with Crippen LogP contribution in [0.3, 0.4) is 0 Å². The van der Waals surface area contributed by atoms with Crippen molar-refractivity contribution in [1.29, 1.82) is 0 Å². The molecule has 0 saturated carbocycles. The van der Waals surface area contributed by atoms with Crippen LogP contribution >= 0.6 is 12.6 Å². The molecule has 7 heteroatoms. The molecule has 0 N–H and O–H groups in total. The van der Waals surface area contributed by atoms with Crippen LogP contribution in [0.1, 0.15) is 38.9 Å². The smallest absolute Gasteiger partial charge is 0.162 e. The minimum absolute atomic E-state index is 0.298. The van der Waals surface area contributed by atoms with Gasteiger partial charge in [0.1, 0.15) is 62.6 Å². The molecule has 0 aliphatic heterocycles. The molecule has 0 atom stereocenters. The highest BCUT2D eigenvalue weighted by Crippen LogP contribution is 2.32. The zero-order valence-corrected chi connectivity index (χ0v) is 32.0. The van der Waals surface area contributed by atoms with Crippen LogP contribution < -0.4 is 28.4 Å². The van der Waals surface area contributed by atoms with Gasteiger partial charge in [-0.05, 0) is 75.3 Å². The van der Waals surface area contributed by atoms with Crippen molar-refractivity contribution in [2.24, 2.45) is 0 Å². The Hall–Kier alpha value is -6.31. The first-order valence-electron chi connectivity index (χ1n) is 18.6. The zero-order chi connectivity index (χ0) is 38.2. The second-order valence-corrected chi connectivity index (χ2v) is 13.6. The summed E-state index contributed by atoms with van der Waals surface area (Å²) in [6.07, 6.45) is 0. The van der Waals surface area contributed by atoms with E-state index in [2.05, 4.69) is 12.6 Å². The lowest BCUT2D eigenvalue weighted by atomic mass is 10.2. The predicted octanol–water partition coefficient (Wildman–Crippen LogP) is 11.6. The van der Waals surface area contributed by atoms with E-state index in [1.54, 1.807) is 0 Å². The Morgan fingerprint density at radius 1 is 0.268 bits per heavy atom. The van der Waals surface area contributed by atoms with Crippen LogP contribution in [-0.4, -0.2) is 0 Å². The first-order valence-corrected chi connectivity index (χ1v) is 19.2. The van der Waals surface area contributed by atoms with Crippen molar-refractivity contribution in [2.75, 3.05) is 0 Å². The van der Waals surface area contributed by atoms with E-state index in [9.17, 15) is 0 Å². The van der Waals surface area contributed by atoms with E-state index in [1.807, 2.05) is 176 Å². The van der Waals surface area contributed by atoms with E-state index in [1.165, 1.54) is 0 Å². The molecule has 56 heavy (non-hydrogen) atoms. The molecule has 0 aliphatic rings. The first kappa shape index (κ1) is 38.0. The van der Waals surface area contributed by atoms with Gasteiger partial charge in [0.15, 0.2) is 11.5 Å². The molecule has 7 rings (SSSR count).